The molecule has 1 aromatic carbocycles. The predicted molar refractivity (Wildman–Crippen MR) is 124 cm³/mol. The van der Waals surface area contributed by atoms with E-state index in [0.717, 1.165) is 18.1 Å². The van der Waals surface area contributed by atoms with Crippen LogP contribution < -0.4 is 16.2 Å². The Morgan fingerprint density at radius 1 is 1.22 bits per heavy atom. The number of carbonyl (C=O) groups excluding carboxylic acids is 1. The number of hydrogen-bond donors (Lipinski definition) is 3. The van der Waals surface area contributed by atoms with Gasteiger partial charge in [-0.15, -0.1) is 0 Å². The fraction of sp³-hybridized carbons (Fsp3) is 0.304. The van der Waals surface area contributed by atoms with Crippen LogP contribution in [0, 0.1) is 5.82 Å². The van der Waals surface area contributed by atoms with Crippen LogP contribution in [0.15, 0.2) is 41.3 Å². The van der Waals surface area contributed by atoms with E-state index < -0.39 is 24.6 Å². The van der Waals surface area contributed by atoms with Gasteiger partial charge in [0.25, 0.3) is 5.56 Å². The van der Waals surface area contributed by atoms with Gasteiger partial charge in [-0.25, -0.2) is 19.3 Å². The minimum atomic E-state index is -4.39. The van der Waals surface area contributed by atoms with Gasteiger partial charge in [0, 0.05) is 29.4 Å². The summed E-state index contributed by atoms with van der Waals surface area (Å²) in [6.45, 7) is -1.23. The quantitative estimate of drug-likeness (QED) is 0.423. The summed E-state index contributed by atoms with van der Waals surface area (Å²) >= 11 is 6.35. The van der Waals surface area contributed by atoms with Crippen LogP contribution in [0.3, 0.4) is 0 Å². The Morgan fingerprint density at radius 2 is 2.03 bits per heavy atom. The van der Waals surface area contributed by atoms with Gasteiger partial charge >= 0.3 is 12.2 Å². The van der Waals surface area contributed by atoms with Gasteiger partial charge in [-0.1, -0.05) is 11.6 Å². The summed E-state index contributed by atoms with van der Waals surface area (Å²) in [7, 11) is 0. The van der Waals surface area contributed by atoms with Crippen LogP contribution in [0.2, 0.25) is 5.02 Å². The molecule has 2 aliphatic rings. The van der Waals surface area contributed by atoms with Gasteiger partial charge in [0.2, 0.25) is 0 Å². The molecule has 0 unspecified atom stereocenters. The first kappa shape index (κ1) is 24.0. The molecule has 0 spiro atoms. The summed E-state index contributed by atoms with van der Waals surface area (Å²) in [5.41, 5.74) is 1.67. The molecule has 0 saturated carbocycles. The Balaban J connectivity index is 1.32. The van der Waals surface area contributed by atoms with E-state index in [-0.39, 0.29) is 39.7 Å². The van der Waals surface area contributed by atoms with Crippen molar-refractivity contribution in [2.75, 3.05) is 17.2 Å². The summed E-state index contributed by atoms with van der Waals surface area (Å²) in [5.74, 6) is -0.734. The molecule has 2 bridgehead atoms. The Hall–Kier alpha value is -3.67. The number of nitrogens with zero attached hydrogens (tertiary/aromatic N) is 3. The molecule has 1 saturated heterocycles. The number of aromatic nitrogens is 3. The molecular formula is C23H19ClF4N6O2. The van der Waals surface area contributed by atoms with Crippen LogP contribution in [0.25, 0.3) is 11.1 Å². The minimum Gasteiger partial charge on any atom is -0.361 e. The van der Waals surface area contributed by atoms with Crippen LogP contribution in [0.5, 0.6) is 0 Å². The molecule has 3 aromatic rings. The van der Waals surface area contributed by atoms with E-state index in [4.69, 9.17) is 11.6 Å². The van der Waals surface area contributed by atoms with E-state index in [0.29, 0.717) is 24.1 Å². The summed E-state index contributed by atoms with van der Waals surface area (Å²) in [6.07, 6.45) is -1.23. The molecule has 36 heavy (non-hydrogen) atoms. The first-order valence-electron chi connectivity index (χ1n) is 11.0. The first-order chi connectivity index (χ1) is 17.1. The number of carbonyl (C=O) groups is 1. The van der Waals surface area contributed by atoms with E-state index in [2.05, 4.69) is 25.8 Å². The van der Waals surface area contributed by atoms with Crippen molar-refractivity contribution in [3.05, 3.63) is 69.0 Å². The number of halogens is 5. The number of nitrogens with one attached hydrogen (secondary N) is 3. The SMILES string of the molecule is O=C(Nc1cc(Cl)c(-c2ccc(NCC(F)(F)F)nc2)cc1F)N1[C@H]2CC[C@@H]1c1n[nH]c(=O)cc1C2. The molecule has 2 atom stereocenters. The monoisotopic (exact) mass is 522 g/mol. The van der Waals surface area contributed by atoms with E-state index in [9.17, 15) is 27.2 Å². The number of benzene rings is 1. The van der Waals surface area contributed by atoms with Crippen molar-refractivity contribution in [2.45, 2.75) is 37.5 Å². The smallest absolute Gasteiger partial charge is 0.361 e. The molecule has 8 nitrogen and oxygen atoms in total. The fourth-order valence-electron chi connectivity index (χ4n) is 4.71. The Morgan fingerprint density at radius 3 is 2.75 bits per heavy atom. The second-order valence-corrected chi connectivity index (χ2v) is 9.05. The molecule has 1 fully saturated rings. The van der Waals surface area contributed by atoms with Gasteiger partial charge in [-0.3, -0.25) is 4.79 Å². The average Bonchev–Trinajstić information content (AvgIpc) is 3.14. The lowest BCUT2D eigenvalue weighted by Gasteiger charge is -2.35. The summed E-state index contributed by atoms with van der Waals surface area (Å²) in [4.78, 5) is 30.2. The molecule has 0 radical (unpaired) electrons. The van der Waals surface area contributed by atoms with Gasteiger partial charge in [0.05, 0.1) is 22.4 Å². The number of H-pyrrole nitrogens is 1. The summed E-state index contributed by atoms with van der Waals surface area (Å²) in [5, 5.41) is 11.4. The molecule has 5 rings (SSSR count). The Labute approximate surface area is 206 Å². The third-order valence-corrected chi connectivity index (χ3v) is 6.58. The number of fused-ring (bicyclic) bond motifs is 4. The van der Waals surface area contributed by atoms with Crippen molar-refractivity contribution >= 4 is 29.1 Å². The zero-order chi connectivity index (χ0) is 25.6. The van der Waals surface area contributed by atoms with E-state index in [1.165, 1.54) is 30.5 Å². The number of urea groups is 1. The second kappa shape index (κ2) is 9.08. The number of hydrogen-bond acceptors (Lipinski definition) is 5. The molecule has 188 valence electrons. The van der Waals surface area contributed by atoms with Gasteiger partial charge in [0.1, 0.15) is 18.2 Å². The summed E-state index contributed by atoms with van der Waals surface area (Å²) < 4.78 is 52.0. The van der Waals surface area contributed by atoms with Crippen molar-refractivity contribution in [1.82, 2.24) is 20.1 Å². The molecule has 3 N–H and O–H groups in total. The Kier molecular flexibility index (Phi) is 6.07. The van der Waals surface area contributed by atoms with Crippen LogP contribution in [-0.2, 0) is 6.42 Å². The number of amides is 2. The lowest BCUT2D eigenvalue weighted by atomic mass is 9.99. The molecule has 13 heteroatoms. The highest BCUT2D eigenvalue weighted by atomic mass is 35.5. The van der Waals surface area contributed by atoms with Crippen molar-refractivity contribution < 1.29 is 22.4 Å². The Bertz CT molecular complexity index is 1380. The fourth-order valence-corrected chi connectivity index (χ4v) is 4.98. The summed E-state index contributed by atoms with van der Waals surface area (Å²) in [6, 6.07) is 5.71. The van der Waals surface area contributed by atoms with Crippen molar-refractivity contribution in [3.63, 3.8) is 0 Å². The van der Waals surface area contributed by atoms with Crippen molar-refractivity contribution in [1.29, 1.82) is 0 Å². The molecule has 4 heterocycles. The number of rotatable bonds is 4. The molecule has 0 aliphatic carbocycles. The maximum Gasteiger partial charge on any atom is 0.405 e. The van der Waals surface area contributed by atoms with E-state index in [1.807, 2.05) is 0 Å². The largest absolute Gasteiger partial charge is 0.405 e. The van der Waals surface area contributed by atoms with E-state index in [1.54, 1.807) is 4.90 Å². The van der Waals surface area contributed by atoms with E-state index >= 15 is 0 Å². The molecule has 2 aromatic heterocycles. The highest BCUT2D eigenvalue weighted by Crippen LogP contribution is 2.42. The standard InChI is InChI=1S/C23H19ClF4N6O2/c24-15-8-17(16(25)7-14(15)11-1-4-19(29-9-11)30-10-23(26,27)28)31-22(36)34-13-2-3-18(34)21-12(5-13)6-20(35)32-33-21/h1,4,6-9,13,18H,2-3,5,10H2,(H,29,30)(H,31,36)(H,32,35)/t13-,18+/m0/s1. The zero-order valence-corrected chi connectivity index (χ0v) is 19.3. The molecule has 2 amide bonds. The normalized spacial score (nSPS) is 18.6. The van der Waals surface area contributed by atoms with Gasteiger partial charge in [-0.05, 0) is 49.1 Å². The third-order valence-electron chi connectivity index (χ3n) is 6.27. The van der Waals surface area contributed by atoms with Gasteiger partial charge in [0.15, 0.2) is 0 Å². The third kappa shape index (κ3) is 4.72. The maximum absolute atomic E-state index is 15.0. The highest BCUT2D eigenvalue weighted by Gasteiger charge is 2.44. The second-order valence-electron chi connectivity index (χ2n) is 8.64. The van der Waals surface area contributed by atoms with Crippen LogP contribution >= 0.6 is 11.6 Å². The molecular weight excluding hydrogens is 504 g/mol. The lowest BCUT2D eigenvalue weighted by molar-refractivity contribution is -0.115. The van der Waals surface area contributed by atoms with Gasteiger partial charge in [-0.2, -0.15) is 18.3 Å². The number of anilines is 2. The molecule has 2 aliphatic heterocycles. The maximum atomic E-state index is 15.0. The van der Waals surface area contributed by atoms with Crippen molar-refractivity contribution in [3.8, 4) is 11.1 Å². The van der Waals surface area contributed by atoms with Crippen LogP contribution in [0.4, 0.5) is 33.9 Å². The minimum absolute atomic E-state index is 0.00727. The number of pyridine rings is 1. The van der Waals surface area contributed by atoms with Crippen LogP contribution in [-0.4, -0.2) is 44.9 Å². The van der Waals surface area contributed by atoms with Gasteiger partial charge < -0.3 is 15.5 Å². The highest BCUT2D eigenvalue weighted by molar-refractivity contribution is 6.33. The first-order valence-corrected chi connectivity index (χ1v) is 11.4. The average molecular weight is 523 g/mol. The van der Waals surface area contributed by atoms with Crippen LogP contribution in [0.1, 0.15) is 30.1 Å². The number of alkyl halides is 3. The topological polar surface area (TPSA) is 103 Å². The lowest BCUT2D eigenvalue weighted by Crippen LogP contribution is -2.45. The predicted octanol–water partition coefficient (Wildman–Crippen LogP) is 4.89. The van der Waals surface area contributed by atoms with Crippen molar-refractivity contribution in [2.24, 2.45) is 0 Å². The zero-order valence-electron chi connectivity index (χ0n) is 18.5. The number of aromatic amines is 1.